The van der Waals surface area contributed by atoms with E-state index >= 15 is 0 Å². The highest BCUT2D eigenvalue weighted by Crippen LogP contribution is 2.34. The van der Waals surface area contributed by atoms with Gasteiger partial charge in [-0.15, -0.1) is 0 Å². The van der Waals surface area contributed by atoms with E-state index in [0.717, 1.165) is 0 Å². The topological polar surface area (TPSA) is 105 Å². The number of hydrogen-bond donors (Lipinski definition) is 0. The first kappa shape index (κ1) is 35.1. The summed E-state index contributed by atoms with van der Waals surface area (Å²) in [5.41, 5.74) is 2.80. The number of ether oxygens (including phenoxy) is 4. The molecule has 0 fully saturated rings. The number of benzene rings is 3. The molecule has 0 amide bonds. The van der Waals surface area contributed by atoms with Crippen LogP contribution in [0.3, 0.4) is 0 Å². The van der Waals surface area contributed by atoms with Gasteiger partial charge in [0, 0.05) is 45.0 Å². The highest BCUT2D eigenvalue weighted by atomic mass is 16.5. The lowest BCUT2D eigenvalue weighted by Crippen LogP contribution is -2.13. The van der Waals surface area contributed by atoms with E-state index in [9.17, 15) is 19.2 Å². The van der Waals surface area contributed by atoms with Gasteiger partial charge in [0.15, 0.2) is 5.75 Å². The highest BCUT2D eigenvalue weighted by molar-refractivity contribution is 5.91. The Morgan fingerprint density at radius 2 is 0.915 bits per heavy atom. The Bertz CT molecular complexity index is 1950. The van der Waals surface area contributed by atoms with E-state index in [1.165, 1.54) is 19.9 Å². The molecule has 0 aliphatic rings. The molecule has 0 aromatic heterocycles. The van der Waals surface area contributed by atoms with Crippen molar-refractivity contribution in [3.05, 3.63) is 131 Å². The van der Waals surface area contributed by atoms with E-state index in [0.29, 0.717) is 28.2 Å². The maximum atomic E-state index is 12.7. The monoisotopic (exact) mass is 628 g/mol. The molecule has 3 aromatic carbocycles. The van der Waals surface area contributed by atoms with Crippen LogP contribution in [-0.4, -0.2) is 23.9 Å². The lowest BCUT2D eigenvalue weighted by atomic mass is 10.0. The van der Waals surface area contributed by atoms with E-state index in [1.54, 1.807) is 69.3 Å². The SMILES string of the molecule is C=C(C)C(=O)Oc1ccc(C#Cc2cc(OC(=O)C(=C)C)c(C#Cc3ccc(OC(=O)C(=C)C)cc3)c(C)c2OC(=O)C(=C)C)cc1. The molecule has 47 heavy (non-hydrogen) atoms. The fourth-order valence-corrected chi connectivity index (χ4v) is 3.47. The van der Waals surface area contributed by atoms with Crippen molar-refractivity contribution in [2.24, 2.45) is 0 Å². The summed E-state index contributed by atoms with van der Waals surface area (Å²) in [4.78, 5) is 48.9. The minimum atomic E-state index is -0.693. The van der Waals surface area contributed by atoms with E-state index in [2.05, 4.69) is 50.0 Å². The van der Waals surface area contributed by atoms with Crippen LogP contribution in [0.4, 0.5) is 0 Å². The molecular weight excluding hydrogens is 596 g/mol. The molecule has 0 aliphatic heterocycles. The smallest absolute Gasteiger partial charge is 0.338 e. The molecular formula is C39H32O8. The van der Waals surface area contributed by atoms with E-state index < -0.39 is 23.9 Å². The Hall–Kier alpha value is -6.38. The fourth-order valence-electron chi connectivity index (χ4n) is 3.47. The summed E-state index contributed by atoms with van der Waals surface area (Å²) in [6, 6.07) is 14.4. The summed E-state index contributed by atoms with van der Waals surface area (Å²) in [7, 11) is 0. The van der Waals surface area contributed by atoms with Gasteiger partial charge >= 0.3 is 23.9 Å². The zero-order valence-electron chi connectivity index (χ0n) is 26.8. The normalized spacial score (nSPS) is 9.72. The minimum Gasteiger partial charge on any atom is -0.423 e. The average molecular weight is 629 g/mol. The lowest BCUT2D eigenvalue weighted by Gasteiger charge is -2.15. The molecule has 8 heteroatoms. The van der Waals surface area contributed by atoms with Gasteiger partial charge in [0.1, 0.15) is 17.2 Å². The van der Waals surface area contributed by atoms with Crippen molar-refractivity contribution in [1.29, 1.82) is 0 Å². The van der Waals surface area contributed by atoms with Crippen molar-refractivity contribution in [3.8, 4) is 46.7 Å². The van der Waals surface area contributed by atoms with Crippen LogP contribution in [-0.2, 0) is 19.2 Å². The van der Waals surface area contributed by atoms with Crippen LogP contribution < -0.4 is 18.9 Å². The fraction of sp³-hybridized carbons (Fsp3) is 0.128. The van der Waals surface area contributed by atoms with Crippen LogP contribution >= 0.6 is 0 Å². The molecule has 8 nitrogen and oxygen atoms in total. The Kier molecular flexibility index (Phi) is 11.6. The predicted molar refractivity (Wildman–Crippen MR) is 178 cm³/mol. The molecule has 0 radical (unpaired) electrons. The second kappa shape index (κ2) is 15.6. The molecule has 0 aliphatic carbocycles. The Morgan fingerprint density at radius 3 is 1.34 bits per heavy atom. The summed E-state index contributed by atoms with van der Waals surface area (Å²) in [6.07, 6.45) is 0. The molecule has 0 saturated carbocycles. The van der Waals surface area contributed by atoms with Gasteiger partial charge in [0.25, 0.3) is 0 Å². The third-order valence-electron chi connectivity index (χ3n) is 6.08. The van der Waals surface area contributed by atoms with Crippen LogP contribution in [0.15, 0.2) is 103 Å². The summed E-state index contributed by atoms with van der Waals surface area (Å²) in [5.74, 6) is 10.3. The molecule has 3 aromatic rings. The molecule has 3 rings (SSSR count). The van der Waals surface area contributed by atoms with Crippen molar-refractivity contribution in [2.75, 3.05) is 0 Å². The van der Waals surface area contributed by atoms with Gasteiger partial charge in [-0.1, -0.05) is 50.0 Å². The van der Waals surface area contributed by atoms with Crippen LogP contribution in [0, 0.1) is 30.6 Å². The molecule has 0 saturated heterocycles. The molecule has 0 unspecified atom stereocenters. The number of hydrogen-bond acceptors (Lipinski definition) is 8. The van der Waals surface area contributed by atoms with Gasteiger partial charge in [-0.3, -0.25) is 0 Å². The summed E-state index contributed by atoms with van der Waals surface area (Å²) in [5, 5.41) is 0. The van der Waals surface area contributed by atoms with Crippen molar-refractivity contribution in [1.82, 2.24) is 0 Å². The second-order valence-electron chi connectivity index (χ2n) is 10.5. The molecule has 0 N–H and O–H groups in total. The van der Waals surface area contributed by atoms with Crippen LogP contribution in [0.5, 0.6) is 23.0 Å². The number of esters is 4. The van der Waals surface area contributed by atoms with Gasteiger partial charge in [-0.25, -0.2) is 19.2 Å². The standard InChI is InChI=1S/C39H32O8/c1-23(2)36(40)44-31-17-11-28(12-18-31)10-16-30-22-34(46-38(42)25(5)6)33(27(9)35(30)47-39(43)26(7)8)21-15-29-13-19-32(20-14-29)45-37(41)24(3)4/h11-14,17-20,22H,1,3,5,7H2,2,4,6,8-9H3. The quantitative estimate of drug-likeness (QED) is 0.117. The maximum Gasteiger partial charge on any atom is 0.338 e. The van der Waals surface area contributed by atoms with Gasteiger partial charge in [0.2, 0.25) is 0 Å². The second-order valence-corrected chi connectivity index (χ2v) is 10.5. The predicted octanol–water partition coefficient (Wildman–Crippen LogP) is 6.72. The largest absolute Gasteiger partial charge is 0.423 e. The van der Waals surface area contributed by atoms with Crippen LogP contribution in [0.1, 0.15) is 55.5 Å². The third-order valence-corrected chi connectivity index (χ3v) is 6.08. The first-order chi connectivity index (χ1) is 22.2. The van der Waals surface area contributed by atoms with Crippen LogP contribution in [0.2, 0.25) is 0 Å². The molecule has 236 valence electrons. The first-order valence-electron chi connectivity index (χ1n) is 14.1. The van der Waals surface area contributed by atoms with Crippen LogP contribution in [0.25, 0.3) is 0 Å². The first-order valence-corrected chi connectivity index (χ1v) is 14.1. The van der Waals surface area contributed by atoms with E-state index in [-0.39, 0.29) is 44.9 Å². The number of carbonyl (C=O) groups is 4. The zero-order valence-corrected chi connectivity index (χ0v) is 26.8. The Morgan fingerprint density at radius 1 is 0.532 bits per heavy atom. The van der Waals surface area contributed by atoms with E-state index in [1.807, 2.05) is 0 Å². The van der Waals surface area contributed by atoms with Gasteiger partial charge in [-0.05, 0) is 83.1 Å². The minimum absolute atomic E-state index is 0.0662. The van der Waals surface area contributed by atoms with Crippen molar-refractivity contribution in [3.63, 3.8) is 0 Å². The van der Waals surface area contributed by atoms with Gasteiger partial charge in [0.05, 0.1) is 11.1 Å². The molecule has 0 spiro atoms. The summed E-state index contributed by atoms with van der Waals surface area (Å²) in [6.45, 7) is 22.2. The molecule has 0 bridgehead atoms. The third kappa shape index (κ3) is 9.81. The number of carbonyl (C=O) groups excluding carboxylic acids is 4. The summed E-state index contributed by atoms with van der Waals surface area (Å²) < 4.78 is 21.8. The number of rotatable bonds is 8. The maximum absolute atomic E-state index is 12.7. The van der Waals surface area contributed by atoms with Crippen molar-refractivity contribution < 1.29 is 38.1 Å². The Balaban J connectivity index is 2.12. The van der Waals surface area contributed by atoms with E-state index in [4.69, 9.17) is 18.9 Å². The zero-order chi connectivity index (χ0) is 34.8. The van der Waals surface area contributed by atoms with Gasteiger partial charge in [-0.2, -0.15) is 0 Å². The average Bonchev–Trinajstić information content (AvgIpc) is 3.02. The van der Waals surface area contributed by atoms with Crippen molar-refractivity contribution >= 4 is 23.9 Å². The molecule has 0 atom stereocenters. The summed E-state index contributed by atoms with van der Waals surface area (Å²) >= 11 is 0. The lowest BCUT2D eigenvalue weighted by molar-refractivity contribution is -0.131. The highest BCUT2D eigenvalue weighted by Gasteiger charge is 2.21. The Labute approximate surface area is 274 Å². The molecule has 0 heterocycles. The van der Waals surface area contributed by atoms with Crippen molar-refractivity contribution in [2.45, 2.75) is 34.6 Å². The van der Waals surface area contributed by atoms with Gasteiger partial charge < -0.3 is 18.9 Å².